The zero-order chi connectivity index (χ0) is 14.7. The van der Waals surface area contributed by atoms with Gasteiger partial charge in [-0.15, -0.1) is 0 Å². The van der Waals surface area contributed by atoms with Gasteiger partial charge >= 0.3 is 0 Å². The lowest BCUT2D eigenvalue weighted by molar-refractivity contribution is -0.132. The molecule has 2 aliphatic rings. The number of pyridine rings is 1. The van der Waals surface area contributed by atoms with Gasteiger partial charge in [0.1, 0.15) is 5.82 Å². The van der Waals surface area contributed by atoms with Gasteiger partial charge in [0.05, 0.1) is 0 Å². The Kier molecular flexibility index (Phi) is 4.75. The number of hydrogen-bond donors (Lipinski definition) is 1. The average molecular weight is 353 g/mol. The molecule has 21 heavy (non-hydrogen) atoms. The molecule has 1 aromatic rings. The molecule has 2 saturated heterocycles. The Morgan fingerprint density at radius 1 is 1.33 bits per heavy atom. The second-order valence-electron chi connectivity index (χ2n) is 5.77. The first-order valence-corrected chi connectivity index (χ1v) is 8.36. The van der Waals surface area contributed by atoms with Crippen LogP contribution in [-0.2, 0) is 4.79 Å². The molecule has 1 unspecified atom stereocenters. The number of hydrogen-bond acceptors (Lipinski definition) is 4. The molecule has 1 N–H and O–H groups in total. The molecule has 0 bridgehead atoms. The Morgan fingerprint density at radius 3 is 2.76 bits per heavy atom. The van der Waals surface area contributed by atoms with Crippen LogP contribution in [0.15, 0.2) is 22.8 Å². The van der Waals surface area contributed by atoms with Crippen molar-refractivity contribution in [3.8, 4) is 0 Å². The van der Waals surface area contributed by atoms with Gasteiger partial charge in [-0.1, -0.05) is 0 Å². The smallest absolute Gasteiger partial charge is 0.223 e. The summed E-state index contributed by atoms with van der Waals surface area (Å²) in [6, 6.07) is 4.03. The Balaban J connectivity index is 1.50. The van der Waals surface area contributed by atoms with E-state index in [4.69, 9.17) is 0 Å². The number of anilines is 1. The predicted octanol–water partition coefficient (Wildman–Crippen LogP) is 1.49. The van der Waals surface area contributed by atoms with Crippen LogP contribution in [0.25, 0.3) is 0 Å². The first kappa shape index (κ1) is 14.8. The highest BCUT2D eigenvalue weighted by atomic mass is 79.9. The van der Waals surface area contributed by atoms with Crippen LogP contribution < -0.4 is 10.2 Å². The zero-order valence-electron chi connectivity index (χ0n) is 12.1. The minimum Gasteiger partial charge on any atom is -0.353 e. The maximum atomic E-state index is 12.3. The van der Waals surface area contributed by atoms with E-state index in [9.17, 15) is 4.79 Å². The second kappa shape index (κ2) is 6.75. The van der Waals surface area contributed by atoms with Gasteiger partial charge < -0.3 is 15.1 Å². The highest BCUT2D eigenvalue weighted by Gasteiger charge is 2.25. The Hall–Kier alpha value is -1.14. The molecule has 0 saturated carbocycles. The molecule has 3 heterocycles. The van der Waals surface area contributed by atoms with Crippen molar-refractivity contribution in [1.82, 2.24) is 15.2 Å². The number of halogens is 1. The third-order valence-electron chi connectivity index (χ3n) is 4.29. The van der Waals surface area contributed by atoms with E-state index >= 15 is 0 Å². The lowest BCUT2D eigenvalue weighted by atomic mass is 10.0. The van der Waals surface area contributed by atoms with Crippen LogP contribution in [0.4, 0.5) is 5.82 Å². The first-order valence-electron chi connectivity index (χ1n) is 7.57. The van der Waals surface area contributed by atoms with Crippen LogP contribution in [0.3, 0.4) is 0 Å². The Labute approximate surface area is 133 Å². The van der Waals surface area contributed by atoms with Crippen molar-refractivity contribution in [2.24, 2.45) is 5.92 Å². The van der Waals surface area contributed by atoms with Crippen LogP contribution in [0, 0.1) is 5.92 Å². The summed E-state index contributed by atoms with van der Waals surface area (Å²) in [7, 11) is 0. The maximum Gasteiger partial charge on any atom is 0.223 e. The van der Waals surface area contributed by atoms with E-state index in [0.717, 1.165) is 56.0 Å². The van der Waals surface area contributed by atoms with Gasteiger partial charge in [0, 0.05) is 43.3 Å². The molecule has 0 spiro atoms. The summed E-state index contributed by atoms with van der Waals surface area (Å²) in [5.74, 6) is 1.83. The summed E-state index contributed by atoms with van der Waals surface area (Å²) in [6.45, 7) is 5.38. The molecule has 1 aromatic heterocycles. The fourth-order valence-electron chi connectivity index (χ4n) is 3.00. The topological polar surface area (TPSA) is 48.5 Å². The number of nitrogens with zero attached hydrogens (tertiary/aromatic N) is 3. The number of nitrogens with one attached hydrogen (secondary N) is 1. The van der Waals surface area contributed by atoms with Gasteiger partial charge in [-0.2, -0.15) is 0 Å². The fraction of sp³-hybridized carbons (Fsp3) is 0.600. The van der Waals surface area contributed by atoms with Crippen molar-refractivity contribution in [1.29, 1.82) is 0 Å². The van der Waals surface area contributed by atoms with E-state index in [-0.39, 0.29) is 0 Å². The average Bonchev–Trinajstić information content (AvgIpc) is 3.01. The van der Waals surface area contributed by atoms with Crippen molar-refractivity contribution >= 4 is 27.7 Å². The minimum absolute atomic E-state index is 0.312. The molecule has 3 rings (SSSR count). The minimum atomic E-state index is 0.312. The molecular weight excluding hydrogens is 332 g/mol. The van der Waals surface area contributed by atoms with Gasteiger partial charge in [-0.3, -0.25) is 4.79 Å². The molecule has 114 valence electrons. The van der Waals surface area contributed by atoms with E-state index in [0.29, 0.717) is 18.2 Å². The highest BCUT2D eigenvalue weighted by Crippen LogP contribution is 2.18. The van der Waals surface area contributed by atoms with Gasteiger partial charge in [0.15, 0.2) is 0 Å². The number of aromatic nitrogens is 1. The number of piperazine rings is 1. The number of carbonyl (C=O) groups is 1. The van der Waals surface area contributed by atoms with E-state index in [1.54, 1.807) is 0 Å². The summed E-state index contributed by atoms with van der Waals surface area (Å²) < 4.78 is 0.991. The van der Waals surface area contributed by atoms with Crippen LogP contribution in [0.5, 0.6) is 0 Å². The van der Waals surface area contributed by atoms with Crippen molar-refractivity contribution < 1.29 is 4.79 Å². The molecule has 2 aliphatic heterocycles. The summed E-state index contributed by atoms with van der Waals surface area (Å²) >= 11 is 3.40. The second-order valence-corrected chi connectivity index (χ2v) is 6.68. The Morgan fingerprint density at radius 2 is 2.14 bits per heavy atom. The van der Waals surface area contributed by atoms with Crippen LogP contribution in [0.1, 0.15) is 12.8 Å². The SMILES string of the molecule is O=C(CC1CCNC1)N1CCN(c2ccc(Br)cn2)CC1. The molecule has 6 heteroatoms. The summed E-state index contributed by atoms with van der Waals surface area (Å²) in [5, 5.41) is 3.32. The highest BCUT2D eigenvalue weighted by molar-refractivity contribution is 9.10. The zero-order valence-corrected chi connectivity index (χ0v) is 13.7. The van der Waals surface area contributed by atoms with Crippen molar-refractivity contribution in [2.75, 3.05) is 44.2 Å². The lowest BCUT2D eigenvalue weighted by Gasteiger charge is -2.35. The monoisotopic (exact) mass is 352 g/mol. The fourth-order valence-corrected chi connectivity index (χ4v) is 3.24. The molecule has 5 nitrogen and oxygen atoms in total. The van der Waals surface area contributed by atoms with Crippen molar-refractivity contribution in [3.63, 3.8) is 0 Å². The number of amides is 1. The summed E-state index contributed by atoms with van der Waals surface area (Å²) in [5.41, 5.74) is 0. The molecular formula is C15H21BrN4O. The quantitative estimate of drug-likeness (QED) is 0.895. The van der Waals surface area contributed by atoms with Crippen LogP contribution in [-0.4, -0.2) is 55.1 Å². The van der Waals surface area contributed by atoms with Crippen molar-refractivity contribution in [3.05, 3.63) is 22.8 Å². The molecule has 2 fully saturated rings. The predicted molar refractivity (Wildman–Crippen MR) is 86.3 cm³/mol. The van der Waals surface area contributed by atoms with Gasteiger partial charge in [0.25, 0.3) is 0 Å². The number of rotatable bonds is 3. The molecule has 0 aliphatic carbocycles. The van der Waals surface area contributed by atoms with Gasteiger partial charge in [-0.25, -0.2) is 4.98 Å². The maximum absolute atomic E-state index is 12.3. The molecule has 0 radical (unpaired) electrons. The van der Waals surface area contributed by atoms with Gasteiger partial charge in [-0.05, 0) is 53.5 Å². The van der Waals surface area contributed by atoms with E-state index < -0.39 is 0 Å². The van der Waals surface area contributed by atoms with Gasteiger partial charge in [0.2, 0.25) is 5.91 Å². The summed E-state index contributed by atoms with van der Waals surface area (Å²) in [6.07, 6.45) is 3.65. The van der Waals surface area contributed by atoms with E-state index in [1.165, 1.54) is 0 Å². The van der Waals surface area contributed by atoms with E-state index in [1.807, 2.05) is 23.2 Å². The number of carbonyl (C=O) groups excluding carboxylic acids is 1. The van der Waals surface area contributed by atoms with E-state index in [2.05, 4.69) is 31.1 Å². The standard InChI is InChI=1S/C15H21BrN4O/c16-13-1-2-14(18-11-13)19-5-7-20(8-6-19)15(21)9-12-3-4-17-10-12/h1-2,11-12,17H,3-10H2. The van der Waals surface area contributed by atoms with Crippen LogP contribution in [0.2, 0.25) is 0 Å². The lowest BCUT2D eigenvalue weighted by Crippen LogP contribution is -2.49. The Bertz CT molecular complexity index is 479. The van der Waals surface area contributed by atoms with Crippen LogP contribution >= 0.6 is 15.9 Å². The third kappa shape index (κ3) is 3.74. The molecule has 0 aromatic carbocycles. The molecule has 1 amide bonds. The third-order valence-corrected chi connectivity index (χ3v) is 4.76. The normalized spacial score (nSPS) is 22.6. The van der Waals surface area contributed by atoms with Crippen molar-refractivity contribution in [2.45, 2.75) is 12.8 Å². The summed E-state index contributed by atoms with van der Waals surface area (Å²) in [4.78, 5) is 21.0. The largest absolute Gasteiger partial charge is 0.353 e. The molecule has 1 atom stereocenters. The first-order chi connectivity index (χ1) is 10.2.